The quantitative estimate of drug-likeness (QED) is 0.450. The number of carbonyl (C=O) groups excluding carboxylic acids is 1. The zero-order chi connectivity index (χ0) is 26.6. The predicted molar refractivity (Wildman–Crippen MR) is 119 cm³/mol. The van der Waals surface area contributed by atoms with E-state index in [-0.39, 0.29) is 41.6 Å². The number of fused-ring (bicyclic) bond motifs is 1. The van der Waals surface area contributed by atoms with Gasteiger partial charge in [0, 0.05) is 30.2 Å². The van der Waals surface area contributed by atoms with E-state index in [0.29, 0.717) is 19.3 Å². The van der Waals surface area contributed by atoms with Crippen LogP contribution in [0.5, 0.6) is 0 Å². The van der Waals surface area contributed by atoms with Crippen molar-refractivity contribution >= 4 is 11.6 Å². The summed E-state index contributed by atoms with van der Waals surface area (Å²) in [7, 11) is 0. The van der Waals surface area contributed by atoms with Crippen LogP contribution in [-0.2, 0) is 21.3 Å². The van der Waals surface area contributed by atoms with Gasteiger partial charge < -0.3 is 25.0 Å². The molecule has 1 aliphatic heterocycles. The smallest absolute Gasteiger partial charge is 0.390 e. The maximum Gasteiger partial charge on any atom is 0.419 e. The molecule has 3 heterocycles. The lowest BCUT2D eigenvalue weighted by Crippen LogP contribution is -2.52. The molecule has 1 amide bonds. The number of halogens is 4. The van der Waals surface area contributed by atoms with Crippen LogP contribution in [-0.4, -0.2) is 55.8 Å². The van der Waals surface area contributed by atoms with E-state index in [0.717, 1.165) is 12.1 Å². The van der Waals surface area contributed by atoms with E-state index < -0.39 is 47.0 Å². The molecule has 2 aliphatic rings. The van der Waals surface area contributed by atoms with Crippen molar-refractivity contribution in [3.05, 3.63) is 64.9 Å². The molecular weight excluding hydrogens is 500 g/mol. The number of aliphatic hydroxyl groups excluding tert-OH is 1. The van der Waals surface area contributed by atoms with Crippen molar-refractivity contribution in [1.29, 1.82) is 0 Å². The Balaban J connectivity index is 1.45. The molecule has 1 aliphatic carbocycles. The molecule has 3 atom stereocenters. The first-order chi connectivity index (χ1) is 17.4. The average Bonchev–Trinajstić information content (AvgIpc) is 3.50. The Morgan fingerprint density at radius 1 is 1.27 bits per heavy atom. The summed E-state index contributed by atoms with van der Waals surface area (Å²) < 4.78 is 66.5. The lowest BCUT2D eigenvalue weighted by molar-refractivity contribution is -0.239. The molecule has 1 aromatic carbocycles. The average molecular weight is 524 g/mol. The molecule has 2 aromatic heterocycles. The topological polar surface area (TPSA) is 118 Å². The maximum absolute atomic E-state index is 14.6. The van der Waals surface area contributed by atoms with Gasteiger partial charge in [0.2, 0.25) is 0 Å². The van der Waals surface area contributed by atoms with Crippen molar-refractivity contribution in [2.75, 3.05) is 13.2 Å². The van der Waals surface area contributed by atoms with Crippen LogP contribution in [0.15, 0.2) is 36.8 Å². The second-order valence-electron chi connectivity index (χ2n) is 9.32. The van der Waals surface area contributed by atoms with Crippen molar-refractivity contribution in [3.8, 4) is 0 Å². The second kappa shape index (κ2) is 9.01. The molecule has 2 fully saturated rings. The Kier molecular flexibility index (Phi) is 6.21. The number of rotatable bonds is 4. The third-order valence-corrected chi connectivity index (χ3v) is 7.01. The fourth-order valence-electron chi connectivity index (χ4n) is 5.02. The number of pyridine rings is 1. The summed E-state index contributed by atoms with van der Waals surface area (Å²) >= 11 is 0. The van der Waals surface area contributed by atoms with Gasteiger partial charge in [-0.25, -0.2) is 13.9 Å². The summed E-state index contributed by atoms with van der Waals surface area (Å²) in [6.45, 7) is 2.10. The number of nitrogens with zero attached hydrogens (tertiary/aromatic N) is 3. The summed E-state index contributed by atoms with van der Waals surface area (Å²) in [5, 5.41) is 29.0. The van der Waals surface area contributed by atoms with E-state index in [4.69, 9.17) is 9.47 Å². The normalized spacial score (nSPS) is 24.5. The first kappa shape index (κ1) is 25.5. The number of hydrogen-bond donors (Lipinski definition) is 3. The molecule has 198 valence electrons. The second-order valence-corrected chi connectivity index (χ2v) is 9.32. The first-order valence-electron chi connectivity index (χ1n) is 11.6. The lowest BCUT2D eigenvalue weighted by atomic mass is 9.74. The van der Waals surface area contributed by atoms with Gasteiger partial charge in [0.05, 0.1) is 36.5 Å². The minimum Gasteiger partial charge on any atom is -0.390 e. The molecule has 0 radical (unpaired) electrons. The Hall–Kier alpha value is -3.13. The summed E-state index contributed by atoms with van der Waals surface area (Å²) in [5.74, 6) is -3.22. The summed E-state index contributed by atoms with van der Waals surface area (Å²) in [5.41, 5.74) is -3.27. The number of amides is 1. The largest absolute Gasteiger partial charge is 0.419 e. The minimum absolute atomic E-state index is 0.00786. The Morgan fingerprint density at radius 2 is 2.00 bits per heavy atom. The van der Waals surface area contributed by atoms with Crippen molar-refractivity contribution in [2.45, 2.75) is 55.9 Å². The molecule has 1 saturated heterocycles. The summed E-state index contributed by atoms with van der Waals surface area (Å²) in [6, 6.07) is 3.07. The highest BCUT2D eigenvalue weighted by atomic mass is 19.4. The van der Waals surface area contributed by atoms with Gasteiger partial charge in [0.25, 0.3) is 5.91 Å². The van der Waals surface area contributed by atoms with Crippen molar-refractivity contribution < 1.29 is 42.0 Å². The number of ether oxygens (including phenoxy) is 2. The molecule has 2 unspecified atom stereocenters. The lowest BCUT2D eigenvalue weighted by Gasteiger charge is -2.44. The zero-order valence-corrected chi connectivity index (χ0v) is 19.6. The number of aliphatic hydroxyl groups is 2. The van der Waals surface area contributed by atoms with Crippen LogP contribution in [0.4, 0.5) is 17.6 Å². The third-order valence-electron chi connectivity index (χ3n) is 7.01. The van der Waals surface area contributed by atoms with Crippen LogP contribution in [0.3, 0.4) is 0 Å². The van der Waals surface area contributed by atoms with Crippen LogP contribution in [0.1, 0.15) is 59.3 Å². The van der Waals surface area contributed by atoms with Crippen molar-refractivity contribution in [3.63, 3.8) is 0 Å². The van der Waals surface area contributed by atoms with E-state index in [2.05, 4.69) is 15.4 Å². The van der Waals surface area contributed by atoms with Gasteiger partial charge >= 0.3 is 6.18 Å². The molecule has 13 heteroatoms. The van der Waals surface area contributed by atoms with Crippen molar-refractivity contribution in [1.82, 2.24) is 19.9 Å². The highest BCUT2D eigenvalue weighted by Crippen LogP contribution is 2.46. The van der Waals surface area contributed by atoms with E-state index >= 15 is 0 Å². The monoisotopic (exact) mass is 524 g/mol. The first-order valence-corrected chi connectivity index (χ1v) is 11.6. The fourth-order valence-corrected chi connectivity index (χ4v) is 5.02. The van der Waals surface area contributed by atoms with Gasteiger partial charge in [0.1, 0.15) is 17.7 Å². The molecule has 5 rings (SSSR count). The number of nitrogens with one attached hydrogen (secondary N) is 1. The highest BCUT2D eigenvalue weighted by molar-refractivity contribution is 5.95. The van der Waals surface area contributed by atoms with Gasteiger partial charge in [-0.1, -0.05) is 12.1 Å². The molecule has 1 spiro atoms. The van der Waals surface area contributed by atoms with Crippen LogP contribution < -0.4 is 5.32 Å². The molecule has 0 bridgehead atoms. The Bertz CT molecular complexity index is 1340. The number of alkyl halides is 3. The van der Waals surface area contributed by atoms with Crippen molar-refractivity contribution in [2.24, 2.45) is 0 Å². The molecular formula is C24H24F4N4O5. The van der Waals surface area contributed by atoms with Crippen LogP contribution >= 0.6 is 0 Å². The minimum atomic E-state index is -4.89. The molecule has 9 nitrogen and oxygen atoms in total. The number of hydrogen-bond acceptors (Lipinski definition) is 7. The molecule has 1 saturated carbocycles. The van der Waals surface area contributed by atoms with Gasteiger partial charge in [-0.05, 0) is 25.5 Å². The molecule has 3 N–H and O–H groups in total. The third kappa shape index (κ3) is 4.45. The summed E-state index contributed by atoms with van der Waals surface area (Å²) in [4.78, 5) is 17.3. The molecule has 37 heavy (non-hydrogen) atoms. The van der Waals surface area contributed by atoms with E-state index in [9.17, 15) is 32.6 Å². The zero-order valence-electron chi connectivity index (χ0n) is 19.6. The maximum atomic E-state index is 14.6. The Labute approximate surface area is 208 Å². The predicted octanol–water partition coefficient (Wildman–Crippen LogP) is 2.85. The van der Waals surface area contributed by atoms with Gasteiger partial charge in [-0.2, -0.15) is 18.3 Å². The van der Waals surface area contributed by atoms with Gasteiger partial charge in [-0.15, -0.1) is 0 Å². The molecule has 3 aromatic rings. The van der Waals surface area contributed by atoms with Gasteiger partial charge in [-0.3, -0.25) is 4.79 Å². The van der Waals surface area contributed by atoms with Gasteiger partial charge in [0.15, 0.2) is 11.4 Å². The highest BCUT2D eigenvalue weighted by Gasteiger charge is 2.53. The van der Waals surface area contributed by atoms with Crippen LogP contribution in [0.25, 0.3) is 5.65 Å². The number of carbonyl (C=O) groups is 1. The van der Waals surface area contributed by atoms with Crippen LogP contribution in [0, 0.1) is 5.82 Å². The SMILES string of the molecule is C[C@@H](NC(=O)c1cc(C2(O)CCC3(CC2O)OCCO3)c2ncnn2c1)c1cccc(C(F)(F)F)c1F. The van der Waals surface area contributed by atoms with Crippen LogP contribution in [0.2, 0.25) is 0 Å². The Morgan fingerprint density at radius 3 is 2.68 bits per heavy atom. The van der Waals surface area contributed by atoms with E-state index in [1.807, 2.05) is 0 Å². The van der Waals surface area contributed by atoms with E-state index in [1.54, 1.807) is 0 Å². The van der Waals surface area contributed by atoms with E-state index in [1.165, 1.54) is 30.0 Å². The summed E-state index contributed by atoms with van der Waals surface area (Å²) in [6.07, 6.45) is -3.37. The number of aromatic nitrogens is 3. The standard InChI is InChI=1S/C24H24F4N4O5/c1-13(15-3-2-4-16(19(15)25)24(26,27)28)31-21(34)14-9-17(20-29-12-30-32(20)11-14)23(35)6-5-22(10-18(23)33)36-7-8-37-22/h2-4,9,11-13,18,33,35H,5-8,10H2,1H3,(H,31,34)/t13-,18?,23?/m1/s1. The fraction of sp³-hybridized carbons (Fsp3) is 0.458. The number of benzene rings is 1.